The van der Waals surface area contributed by atoms with E-state index in [1.807, 2.05) is 0 Å². The quantitative estimate of drug-likeness (QED) is 0.439. The highest BCUT2D eigenvalue weighted by Crippen LogP contribution is 2.29. The maximum Gasteiger partial charge on any atom is 0.342 e. The van der Waals surface area contributed by atoms with E-state index in [9.17, 15) is 9.59 Å². The number of nitrogens with one attached hydrogen (secondary N) is 1. The van der Waals surface area contributed by atoms with E-state index < -0.39 is 18.5 Å². The summed E-state index contributed by atoms with van der Waals surface area (Å²) in [4.78, 5) is 23.3. The molecule has 0 atom stereocenters. The predicted molar refractivity (Wildman–Crippen MR) is 77.6 cm³/mol. The number of methoxy groups -OCH3 is 2. The summed E-state index contributed by atoms with van der Waals surface area (Å²) in [5, 5.41) is 2.72. The van der Waals surface area contributed by atoms with Crippen LogP contribution in [0, 0.1) is 0 Å². The number of benzene rings is 1. The molecule has 0 unspecified atom stereocenters. The predicted octanol–water partition coefficient (Wildman–Crippen LogP) is 0.850. The molecule has 0 bridgehead atoms. The van der Waals surface area contributed by atoms with Crippen LogP contribution in [0.4, 0.5) is 5.69 Å². The molecule has 7 nitrogen and oxygen atoms in total. The van der Waals surface area contributed by atoms with Crippen molar-refractivity contribution in [3.05, 3.63) is 22.7 Å². The van der Waals surface area contributed by atoms with Gasteiger partial charge < -0.3 is 25.3 Å². The van der Waals surface area contributed by atoms with Gasteiger partial charge in [0.1, 0.15) is 11.3 Å². The second kappa shape index (κ2) is 8.33. The zero-order valence-corrected chi connectivity index (χ0v) is 12.5. The van der Waals surface area contributed by atoms with Gasteiger partial charge in [0.25, 0.3) is 5.91 Å². The number of anilines is 1. The molecule has 0 heterocycles. The Morgan fingerprint density at radius 1 is 1.33 bits per heavy atom. The Morgan fingerprint density at radius 3 is 2.67 bits per heavy atom. The van der Waals surface area contributed by atoms with E-state index in [0.717, 1.165) is 0 Å². The van der Waals surface area contributed by atoms with E-state index in [0.29, 0.717) is 13.2 Å². The number of nitrogens with two attached hydrogens (primary N) is 1. The zero-order chi connectivity index (χ0) is 15.8. The smallest absolute Gasteiger partial charge is 0.342 e. The summed E-state index contributed by atoms with van der Waals surface area (Å²) in [6, 6.07) is 2.75. The first-order valence-corrected chi connectivity index (χ1v) is 6.43. The van der Waals surface area contributed by atoms with E-state index in [2.05, 4.69) is 5.32 Å². The number of esters is 1. The van der Waals surface area contributed by atoms with Crippen LogP contribution in [0.3, 0.4) is 0 Å². The van der Waals surface area contributed by atoms with Gasteiger partial charge in [-0.1, -0.05) is 11.6 Å². The number of nitrogen functional groups attached to an aromatic ring is 1. The van der Waals surface area contributed by atoms with Crippen LogP contribution in [-0.4, -0.2) is 45.9 Å². The van der Waals surface area contributed by atoms with Gasteiger partial charge in [-0.15, -0.1) is 0 Å². The summed E-state index contributed by atoms with van der Waals surface area (Å²) < 4.78 is 14.7. The lowest BCUT2D eigenvalue weighted by atomic mass is 10.2. The number of halogens is 1. The molecule has 8 heteroatoms. The molecule has 3 N–H and O–H groups in total. The zero-order valence-electron chi connectivity index (χ0n) is 11.8. The number of carbonyl (C=O) groups is 2. The highest BCUT2D eigenvalue weighted by molar-refractivity contribution is 6.33. The van der Waals surface area contributed by atoms with Crippen LogP contribution in [0.5, 0.6) is 5.75 Å². The molecule has 0 saturated heterocycles. The third kappa shape index (κ3) is 5.13. The summed E-state index contributed by atoms with van der Waals surface area (Å²) in [5.74, 6) is -0.932. The maximum absolute atomic E-state index is 11.9. The van der Waals surface area contributed by atoms with Crippen LogP contribution >= 0.6 is 11.6 Å². The van der Waals surface area contributed by atoms with Gasteiger partial charge in [0.15, 0.2) is 6.61 Å². The number of amides is 1. The normalized spacial score (nSPS) is 10.0. The van der Waals surface area contributed by atoms with Crippen molar-refractivity contribution in [1.82, 2.24) is 5.32 Å². The Balaban J connectivity index is 2.63. The summed E-state index contributed by atoms with van der Waals surface area (Å²) in [6.45, 7) is 0.304. The van der Waals surface area contributed by atoms with Crippen LogP contribution in [-0.2, 0) is 14.3 Å². The molecule has 0 aliphatic heterocycles. The molecular formula is C13H17ClN2O5. The van der Waals surface area contributed by atoms with Crippen LogP contribution in [0.15, 0.2) is 12.1 Å². The summed E-state index contributed by atoms with van der Waals surface area (Å²) in [5.41, 5.74) is 5.99. The topological polar surface area (TPSA) is 99.9 Å². The van der Waals surface area contributed by atoms with Crippen molar-refractivity contribution in [2.45, 2.75) is 0 Å². The molecule has 1 rings (SSSR count). The number of ether oxygens (including phenoxy) is 3. The minimum Gasteiger partial charge on any atom is -0.496 e. The van der Waals surface area contributed by atoms with Gasteiger partial charge in [-0.2, -0.15) is 0 Å². The Kier molecular flexibility index (Phi) is 6.77. The maximum atomic E-state index is 11.9. The van der Waals surface area contributed by atoms with Crippen molar-refractivity contribution in [3.8, 4) is 5.75 Å². The lowest BCUT2D eigenvalue weighted by Gasteiger charge is -2.10. The minimum atomic E-state index is -0.726. The largest absolute Gasteiger partial charge is 0.496 e. The third-order valence-corrected chi connectivity index (χ3v) is 2.83. The highest BCUT2D eigenvalue weighted by Gasteiger charge is 2.17. The number of carbonyl (C=O) groups excluding carboxylic acids is 2. The lowest BCUT2D eigenvalue weighted by molar-refractivity contribution is -0.124. The molecular weight excluding hydrogens is 300 g/mol. The molecule has 21 heavy (non-hydrogen) atoms. The molecule has 0 saturated carbocycles. The molecule has 1 aromatic rings. The summed E-state index contributed by atoms with van der Waals surface area (Å²) in [6.07, 6.45) is 0. The van der Waals surface area contributed by atoms with Crippen molar-refractivity contribution in [1.29, 1.82) is 0 Å². The van der Waals surface area contributed by atoms with Crippen molar-refractivity contribution < 1.29 is 23.8 Å². The van der Waals surface area contributed by atoms with Crippen molar-refractivity contribution >= 4 is 29.2 Å². The van der Waals surface area contributed by atoms with Gasteiger partial charge in [0.2, 0.25) is 0 Å². The van der Waals surface area contributed by atoms with Crippen LogP contribution in [0.2, 0.25) is 5.02 Å². The van der Waals surface area contributed by atoms with Crippen molar-refractivity contribution in [3.63, 3.8) is 0 Å². The van der Waals surface area contributed by atoms with Gasteiger partial charge >= 0.3 is 5.97 Å². The lowest BCUT2D eigenvalue weighted by Crippen LogP contribution is -2.31. The first kappa shape index (κ1) is 17.1. The molecule has 0 fully saturated rings. The average molecular weight is 317 g/mol. The summed E-state index contributed by atoms with van der Waals surface area (Å²) >= 11 is 5.85. The molecule has 0 radical (unpaired) electrons. The fourth-order valence-electron chi connectivity index (χ4n) is 1.45. The van der Waals surface area contributed by atoms with Gasteiger partial charge in [0.05, 0.1) is 24.4 Å². The molecule has 1 amide bonds. The second-order valence-corrected chi connectivity index (χ2v) is 4.40. The van der Waals surface area contributed by atoms with Gasteiger partial charge in [-0.25, -0.2) is 4.79 Å². The number of hydrogen-bond acceptors (Lipinski definition) is 6. The van der Waals surface area contributed by atoms with Gasteiger partial charge in [-0.3, -0.25) is 4.79 Å². The second-order valence-electron chi connectivity index (χ2n) is 3.99. The first-order chi connectivity index (χ1) is 9.99. The molecule has 0 spiro atoms. The SMILES string of the molecule is COCCNC(=O)COC(=O)c1cc(Cl)c(N)cc1OC. The van der Waals surface area contributed by atoms with E-state index in [1.165, 1.54) is 26.4 Å². The molecule has 116 valence electrons. The first-order valence-electron chi connectivity index (χ1n) is 6.05. The highest BCUT2D eigenvalue weighted by atomic mass is 35.5. The summed E-state index contributed by atoms with van der Waals surface area (Å²) in [7, 11) is 2.90. The minimum absolute atomic E-state index is 0.0985. The van der Waals surface area contributed by atoms with E-state index in [4.69, 9.17) is 31.5 Å². The van der Waals surface area contributed by atoms with Gasteiger partial charge in [-0.05, 0) is 6.07 Å². The Hall–Kier alpha value is -1.99. The van der Waals surface area contributed by atoms with E-state index in [-0.39, 0.29) is 22.0 Å². The monoisotopic (exact) mass is 316 g/mol. The molecule has 1 aromatic carbocycles. The average Bonchev–Trinajstić information content (AvgIpc) is 2.47. The van der Waals surface area contributed by atoms with E-state index in [1.54, 1.807) is 0 Å². The van der Waals surface area contributed by atoms with E-state index >= 15 is 0 Å². The van der Waals surface area contributed by atoms with Crippen LogP contribution < -0.4 is 15.8 Å². The fourth-order valence-corrected chi connectivity index (χ4v) is 1.61. The standard InChI is InChI=1S/C13H17ClN2O5/c1-19-4-3-16-12(17)7-21-13(18)8-5-9(14)10(15)6-11(8)20-2/h5-6H,3-4,7,15H2,1-2H3,(H,16,17). The van der Waals surface area contributed by atoms with Crippen molar-refractivity contribution in [2.75, 3.05) is 39.7 Å². The molecule has 0 aromatic heterocycles. The Morgan fingerprint density at radius 2 is 2.05 bits per heavy atom. The molecule has 0 aliphatic rings. The van der Waals surface area contributed by atoms with Crippen LogP contribution in [0.25, 0.3) is 0 Å². The number of rotatable bonds is 7. The third-order valence-electron chi connectivity index (χ3n) is 2.50. The van der Waals surface area contributed by atoms with Crippen LogP contribution in [0.1, 0.15) is 10.4 Å². The Bertz CT molecular complexity index is 522. The number of hydrogen-bond donors (Lipinski definition) is 2. The molecule has 0 aliphatic carbocycles. The Labute approximate surface area is 127 Å². The fraction of sp³-hybridized carbons (Fsp3) is 0.385. The van der Waals surface area contributed by atoms with Crippen molar-refractivity contribution in [2.24, 2.45) is 0 Å². The van der Waals surface area contributed by atoms with Gasteiger partial charge in [0, 0.05) is 19.7 Å².